The first kappa shape index (κ1) is 18.3. The summed E-state index contributed by atoms with van der Waals surface area (Å²) in [7, 11) is 1.73. The second-order valence-corrected chi connectivity index (χ2v) is 9.34. The van der Waals surface area contributed by atoms with Gasteiger partial charge in [0.05, 0.1) is 18.8 Å². The van der Waals surface area contributed by atoms with Gasteiger partial charge in [-0.25, -0.2) is 0 Å². The predicted octanol–water partition coefficient (Wildman–Crippen LogP) is 4.44. The van der Waals surface area contributed by atoms with Crippen LogP contribution in [-0.4, -0.2) is 29.0 Å². The van der Waals surface area contributed by atoms with Gasteiger partial charge in [0.25, 0.3) is 0 Å². The van der Waals surface area contributed by atoms with E-state index in [0.29, 0.717) is 17.8 Å². The molecule has 1 aromatic carbocycles. The Balaban J connectivity index is 1.63. The number of benzene rings is 1. The average Bonchev–Trinajstić information content (AvgIpc) is 2.87. The van der Waals surface area contributed by atoms with Crippen molar-refractivity contribution in [2.45, 2.75) is 82.8 Å². The van der Waals surface area contributed by atoms with Gasteiger partial charge in [-0.3, -0.25) is 0 Å². The molecule has 3 aliphatic carbocycles. The normalized spacial score (nSPS) is 41.3. The van der Waals surface area contributed by atoms with Crippen LogP contribution in [0.4, 0.5) is 0 Å². The lowest BCUT2D eigenvalue weighted by Gasteiger charge is -2.50. The summed E-state index contributed by atoms with van der Waals surface area (Å²) >= 11 is 0. The van der Waals surface area contributed by atoms with Crippen molar-refractivity contribution in [1.29, 1.82) is 0 Å². The maximum Gasteiger partial charge on any atom is 0.119 e. The van der Waals surface area contributed by atoms with E-state index in [9.17, 15) is 10.2 Å². The third kappa shape index (κ3) is 2.62. The van der Waals surface area contributed by atoms with Crippen LogP contribution in [-0.2, 0) is 6.42 Å². The molecule has 2 fully saturated rings. The molecule has 26 heavy (non-hydrogen) atoms. The zero-order valence-corrected chi connectivity index (χ0v) is 16.5. The number of aryl methyl sites for hydroxylation is 1. The standard InChI is InChI=1S/C23H34O3/c1-4-5-11-23(25)14-20-19-8-6-15-13-16(26-3)7-9-17(15)18(19)10-12-22(20,2)21(23)24/h7,9,13,18-21,24-25H,4-6,8,10-12,14H2,1-3H3/t18-,19+,20-,21-,22-,23-/m0/s1. The van der Waals surface area contributed by atoms with Gasteiger partial charge in [0.2, 0.25) is 0 Å². The van der Waals surface area contributed by atoms with Gasteiger partial charge in [0.15, 0.2) is 0 Å². The molecule has 3 aliphatic rings. The molecule has 6 atom stereocenters. The summed E-state index contributed by atoms with van der Waals surface area (Å²) in [5, 5.41) is 22.4. The van der Waals surface area contributed by atoms with Gasteiger partial charge in [-0.15, -0.1) is 0 Å². The van der Waals surface area contributed by atoms with Crippen molar-refractivity contribution in [2.24, 2.45) is 17.3 Å². The van der Waals surface area contributed by atoms with Gasteiger partial charge in [-0.1, -0.05) is 32.8 Å². The lowest BCUT2D eigenvalue weighted by molar-refractivity contribution is -0.103. The SMILES string of the molecule is CCCC[C@]1(O)C[C@H]2[C@@H]3CCc4cc(OC)ccc4[C@@H]3CC[C@]2(C)[C@@H]1O. The topological polar surface area (TPSA) is 49.7 Å². The number of hydrogen-bond acceptors (Lipinski definition) is 3. The van der Waals surface area contributed by atoms with Crippen LogP contribution in [0.2, 0.25) is 0 Å². The summed E-state index contributed by atoms with van der Waals surface area (Å²) in [6.45, 7) is 4.40. The third-order valence-electron chi connectivity index (χ3n) is 8.04. The van der Waals surface area contributed by atoms with Gasteiger partial charge in [-0.2, -0.15) is 0 Å². The van der Waals surface area contributed by atoms with E-state index in [4.69, 9.17) is 4.74 Å². The molecule has 4 rings (SSSR count). The van der Waals surface area contributed by atoms with Crippen molar-refractivity contribution >= 4 is 0 Å². The van der Waals surface area contributed by atoms with Crippen molar-refractivity contribution < 1.29 is 14.9 Å². The van der Waals surface area contributed by atoms with Gasteiger partial charge in [0, 0.05) is 0 Å². The van der Waals surface area contributed by atoms with Crippen LogP contribution in [0.25, 0.3) is 0 Å². The highest BCUT2D eigenvalue weighted by Crippen LogP contribution is 2.63. The number of hydrogen-bond donors (Lipinski definition) is 2. The van der Waals surface area contributed by atoms with Crippen molar-refractivity contribution in [3.8, 4) is 5.75 Å². The Labute approximate surface area is 157 Å². The predicted molar refractivity (Wildman–Crippen MR) is 103 cm³/mol. The van der Waals surface area contributed by atoms with Gasteiger partial charge < -0.3 is 14.9 Å². The van der Waals surface area contributed by atoms with E-state index >= 15 is 0 Å². The van der Waals surface area contributed by atoms with Crippen molar-refractivity contribution in [2.75, 3.05) is 7.11 Å². The van der Waals surface area contributed by atoms with E-state index < -0.39 is 11.7 Å². The van der Waals surface area contributed by atoms with Crippen LogP contribution >= 0.6 is 0 Å². The lowest BCUT2D eigenvalue weighted by Crippen LogP contribution is -2.47. The minimum Gasteiger partial charge on any atom is -0.497 e. The molecule has 1 aromatic rings. The lowest BCUT2D eigenvalue weighted by atomic mass is 9.55. The Morgan fingerprint density at radius 2 is 2.08 bits per heavy atom. The summed E-state index contributed by atoms with van der Waals surface area (Å²) in [6, 6.07) is 6.57. The fraction of sp³-hybridized carbons (Fsp3) is 0.739. The first-order valence-corrected chi connectivity index (χ1v) is 10.5. The molecule has 0 amide bonds. The molecule has 0 aliphatic heterocycles. The first-order chi connectivity index (χ1) is 12.4. The molecule has 0 radical (unpaired) electrons. The van der Waals surface area contributed by atoms with Crippen LogP contribution in [0.5, 0.6) is 5.75 Å². The number of unbranched alkanes of at least 4 members (excludes halogenated alkanes) is 1. The van der Waals surface area contributed by atoms with E-state index in [1.165, 1.54) is 17.5 Å². The Bertz CT molecular complexity index is 671. The van der Waals surface area contributed by atoms with E-state index in [1.807, 2.05) is 0 Å². The number of fused-ring (bicyclic) bond motifs is 5. The van der Waals surface area contributed by atoms with E-state index in [-0.39, 0.29) is 5.41 Å². The highest BCUT2D eigenvalue weighted by Gasteiger charge is 2.62. The zero-order chi connectivity index (χ0) is 18.5. The molecule has 0 bridgehead atoms. The molecule has 0 spiro atoms. The van der Waals surface area contributed by atoms with E-state index in [2.05, 4.69) is 32.0 Å². The Kier molecular flexibility index (Phi) is 4.60. The third-order valence-corrected chi connectivity index (χ3v) is 8.04. The summed E-state index contributed by atoms with van der Waals surface area (Å²) in [4.78, 5) is 0. The maximum absolute atomic E-state index is 11.3. The Morgan fingerprint density at radius 1 is 1.27 bits per heavy atom. The van der Waals surface area contributed by atoms with Crippen LogP contribution < -0.4 is 4.74 Å². The number of aliphatic hydroxyl groups excluding tert-OH is 1. The minimum atomic E-state index is -0.884. The van der Waals surface area contributed by atoms with Crippen LogP contribution in [0, 0.1) is 17.3 Å². The minimum absolute atomic E-state index is 0.131. The molecule has 2 N–H and O–H groups in total. The summed E-state index contributed by atoms with van der Waals surface area (Å²) in [5.74, 6) is 2.53. The molecule has 0 aromatic heterocycles. The van der Waals surface area contributed by atoms with Crippen molar-refractivity contribution in [3.63, 3.8) is 0 Å². The second kappa shape index (κ2) is 6.53. The second-order valence-electron chi connectivity index (χ2n) is 9.34. The smallest absolute Gasteiger partial charge is 0.119 e. The molecule has 144 valence electrons. The molecule has 3 nitrogen and oxygen atoms in total. The van der Waals surface area contributed by atoms with Gasteiger partial charge in [0.1, 0.15) is 5.75 Å². The van der Waals surface area contributed by atoms with E-state index in [1.54, 1.807) is 7.11 Å². The quantitative estimate of drug-likeness (QED) is 0.836. The van der Waals surface area contributed by atoms with E-state index in [0.717, 1.165) is 50.7 Å². The Hall–Kier alpha value is -1.06. The molecule has 0 saturated heterocycles. The molecule has 0 unspecified atom stereocenters. The zero-order valence-electron chi connectivity index (χ0n) is 16.5. The van der Waals surface area contributed by atoms with Gasteiger partial charge in [-0.05, 0) is 85.0 Å². The van der Waals surface area contributed by atoms with Crippen molar-refractivity contribution in [1.82, 2.24) is 0 Å². The van der Waals surface area contributed by atoms with Crippen molar-refractivity contribution in [3.05, 3.63) is 29.3 Å². The van der Waals surface area contributed by atoms with Crippen LogP contribution in [0.3, 0.4) is 0 Å². The maximum atomic E-state index is 11.3. The fourth-order valence-corrected chi connectivity index (χ4v) is 6.59. The highest BCUT2D eigenvalue weighted by molar-refractivity contribution is 5.41. The number of aliphatic hydroxyl groups is 2. The summed E-state index contributed by atoms with van der Waals surface area (Å²) < 4.78 is 5.41. The molecular formula is C23H34O3. The molecular weight excluding hydrogens is 324 g/mol. The Morgan fingerprint density at radius 3 is 2.81 bits per heavy atom. The number of ether oxygens (including phenoxy) is 1. The largest absolute Gasteiger partial charge is 0.497 e. The van der Waals surface area contributed by atoms with Crippen LogP contribution in [0.1, 0.15) is 75.8 Å². The van der Waals surface area contributed by atoms with Gasteiger partial charge >= 0.3 is 0 Å². The molecule has 3 heteroatoms. The monoisotopic (exact) mass is 358 g/mol. The molecule has 2 saturated carbocycles. The summed E-state index contributed by atoms with van der Waals surface area (Å²) in [5.41, 5.74) is 1.91. The fourth-order valence-electron chi connectivity index (χ4n) is 6.59. The first-order valence-electron chi connectivity index (χ1n) is 10.5. The number of methoxy groups -OCH3 is 1. The highest BCUT2D eigenvalue weighted by atomic mass is 16.5. The number of rotatable bonds is 4. The summed E-state index contributed by atoms with van der Waals surface area (Å²) in [6.07, 6.45) is 7.39. The molecule has 0 heterocycles. The average molecular weight is 359 g/mol. The van der Waals surface area contributed by atoms with Crippen LogP contribution in [0.15, 0.2) is 18.2 Å².